The summed E-state index contributed by atoms with van der Waals surface area (Å²) in [5.74, 6) is -0.222. The van der Waals surface area contributed by atoms with Crippen LogP contribution in [0.4, 0.5) is 4.39 Å². The van der Waals surface area contributed by atoms with Crippen molar-refractivity contribution in [2.24, 2.45) is 4.99 Å². The molecule has 0 atom stereocenters. The van der Waals surface area contributed by atoms with Gasteiger partial charge in [0.25, 0.3) is 0 Å². The van der Waals surface area contributed by atoms with Crippen LogP contribution in [-0.2, 0) is 0 Å². The highest BCUT2D eigenvalue weighted by atomic mass is 19.1. The lowest BCUT2D eigenvalue weighted by molar-refractivity contribution is 0.325. The molecule has 0 amide bonds. The maximum atomic E-state index is 12.3. The molecule has 1 heterocycles. The van der Waals surface area contributed by atoms with Gasteiger partial charge in [-0.25, -0.2) is 0 Å². The van der Waals surface area contributed by atoms with E-state index in [-0.39, 0.29) is 5.95 Å². The molecule has 0 radical (unpaired) electrons. The maximum absolute atomic E-state index is 12.3. The Bertz CT molecular complexity index is 139. The zero-order valence-corrected chi connectivity index (χ0v) is 4.63. The van der Waals surface area contributed by atoms with Gasteiger partial charge in [-0.1, -0.05) is 0 Å². The Morgan fingerprint density at radius 2 is 2.62 bits per heavy atom. The van der Waals surface area contributed by atoms with Crippen molar-refractivity contribution in [1.82, 2.24) is 4.90 Å². The first-order chi connectivity index (χ1) is 3.80. The van der Waals surface area contributed by atoms with E-state index in [1.807, 2.05) is 0 Å². The number of aliphatic imine (C=N–C) groups is 1. The number of rotatable bonds is 0. The SMILES string of the molecule is CN1CN=CC=C1F. The number of allylic oxidation sites excluding steroid dienone is 1. The molecule has 0 N–H and O–H groups in total. The summed E-state index contributed by atoms with van der Waals surface area (Å²) in [4.78, 5) is 5.22. The van der Waals surface area contributed by atoms with Crippen LogP contribution in [0.15, 0.2) is 17.0 Å². The first kappa shape index (κ1) is 5.28. The second-order valence-corrected chi connectivity index (χ2v) is 1.66. The Balaban J connectivity index is 2.66. The molecule has 3 heteroatoms. The van der Waals surface area contributed by atoms with Crippen molar-refractivity contribution in [3.8, 4) is 0 Å². The first-order valence-corrected chi connectivity index (χ1v) is 2.37. The summed E-state index contributed by atoms with van der Waals surface area (Å²) in [7, 11) is 1.66. The zero-order valence-electron chi connectivity index (χ0n) is 4.63. The topological polar surface area (TPSA) is 15.6 Å². The van der Waals surface area contributed by atoms with E-state index in [4.69, 9.17) is 0 Å². The highest BCUT2D eigenvalue weighted by molar-refractivity contribution is 5.72. The zero-order chi connectivity index (χ0) is 5.98. The van der Waals surface area contributed by atoms with Gasteiger partial charge in [0.2, 0.25) is 0 Å². The summed E-state index contributed by atoms with van der Waals surface area (Å²) < 4.78 is 12.3. The third-order valence-electron chi connectivity index (χ3n) is 0.976. The van der Waals surface area contributed by atoms with Crippen molar-refractivity contribution in [2.75, 3.05) is 13.7 Å². The van der Waals surface area contributed by atoms with Crippen molar-refractivity contribution >= 4 is 6.21 Å². The molecule has 0 aromatic heterocycles. The van der Waals surface area contributed by atoms with E-state index in [0.717, 1.165) is 0 Å². The quantitative estimate of drug-likeness (QED) is 0.425. The minimum absolute atomic E-state index is 0.222. The van der Waals surface area contributed by atoms with Crippen LogP contribution < -0.4 is 0 Å². The second kappa shape index (κ2) is 1.94. The fourth-order valence-corrected chi connectivity index (χ4v) is 0.479. The number of nitrogens with zero attached hydrogens (tertiary/aromatic N) is 2. The first-order valence-electron chi connectivity index (χ1n) is 2.37. The molecule has 0 fully saturated rings. The summed E-state index contributed by atoms with van der Waals surface area (Å²) in [6.45, 7) is 0.433. The molecule has 0 aliphatic carbocycles. The van der Waals surface area contributed by atoms with Gasteiger partial charge in [-0.15, -0.1) is 0 Å². The molecule has 0 saturated carbocycles. The fourth-order valence-electron chi connectivity index (χ4n) is 0.479. The lowest BCUT2D eigenvalue weighted by atomic mass is 10.5. The van der Waals surface area contributed by atoms with Gasteiger partial charge in [-0.05, 0) is 0 Å². The normalized spacial score (nSPS) is 18.8. The van der Waals surface area contributed by atoms with Crippen LogP contribution in [0.25, 0.3) is 0 Å². The van der Waals surface area contributed by atoms with Crippen LogP contribution in [0.5, 0.6) is 0 Å². The van der Waals surface area contributed by atoms with Crippen molar-refractivity contribution in [3.05, 3.63) is 12.0 Å². The smallest absolute Gasteiger partial charge is 0.192 e. The molecule has 0 aromatic rings. The van der Waals surface area contributed by atoms with Gasteiger partial charge >= 0.3 is 0 Å². The van der Waals surface area contributed by atoms with E-state index in [1.165, 1.54) is 17.2 Å². The lowest BCUT2D eigenvalue weighted by Gasteiger charge is -2.14. The van der Waals surface area contributed by atoms with Crippen LogP contribution in [0.3, 0.4) is 0 Å². The Hall–Kier alpha value is -0.860. The van der Waals surface area contributed by atoms with Gasteiger partial charge in [0.15, 0.2) is 5.95 Å². The maximum Gasteiger partial charge on any atom is 0.192 e. The van der Waals surface area contributed by atoms with Crippen LogP contribution in [0.2, 0.25) is 0 Å². The van der Waals surface area contributed by atoms with E-state index < -0.39 is 0 Å². The van der Waals surface area contributed by atoms with Crippen LogP contribution in [0.1, 0.15) is 0 Å². The molecule has 0 spiro atoms. The van der Waals surface area contributed by atoms with Crippen molar-refractivity contribution in [2.45, 2.75) is 0 Å². The number of hydrogen-bond acceptors (Lipinski definition) is 2. The van der Waals surface area contributed by atoms with Crippen LogP contribution in [-0.4, -0.2) is 24.8 Å². The second-order valence-electron chi connectivity index (χ2n) is 1.66. The number of halogens is 1. The Labute approximate surface area is 47.3 Å². The fraction of sp³-hybridized carbons (Fsp3) is 0.400. The van der Waals surface area contributed by atoms with E-state index >= 15 is 0 Å². The summed E-state index contributed by atoms with van der Waals surface area (Å²) in [5, 5.41) is 0. The predicted octanol–water partition coefficient (Wildman–Crippen LogP) is 0.771. The Morgan fingerprint density at radius 1 is 1.88 bits per heavy atom. The molecule has 8 heavy (non-hydrogen) atoms. The van der Waals surface area contributed by atoms with Crippen LogP contribution in [0, 0.1) is 0 Å². The minimum atomic E-state index is -0.222. The van der Waals surface area contributed by atoms with Crippen molar-refractivity contribution in [3.63, 3.8) is 0 Å². The predicted molar refractivity (Wildman–Crippen MR) is 30.3 cm³/mol. The van der Waals surface area contributed by atoms with Gasteiger partial charge in [0, 0.05) is 19.3 Å². The van der Waals surface area contributed by atoms with E-state index in [0.29, 0.717) is 6.67 Å². The minimum Gasteiger partial charge on any atom is -0.332 e. The molecule has 0 unspecified atom stereocenters. The number of hydrogen-bond donors (Lipinski definition) is 0. The monoisotopic (exact) mass is 114 g/mol. The third-order valence-corrected chi connectivity index (χ3v) is 0.976. The van der Waals surface area contributed by atoms with Gasteiger partial charge in [-0.2, -0.15) is 4.39 Å². The Kier molecular flexibility index (Phi) is 1.28. The molecule has 0 saturated heterocycles. The molecule has 1 rings (SSSR count). The molecule has 0 bridgehead atoms. The van der Waals surface area contributed by atoms with Crippen LogP contribution >= 0.6 is 0 Å². The highest BCUT2D eigenvalue weighted by Crippen LogP contribution is 2.03. The molecule has 1 aliphatic heterocycles. The van der Waals surface area contributed by atoms with Crippen molar-refractivity contribution in [1.29, 1.82) is 0 Å². The summed E-state index contributed by atoms with van der Waals surface area (Å²) in [6.07, 6.45) is 2.80. The standard InChI is InChI=1S/C5H7FN2/c1-8-4-7-3-2-5(8)6/h2-3H,4H2,1H3. The molecule has 2 nitrogen and oxygen atoms in total. The Morgan fingerprint density at radius 3 is 3.00 bits per heavy atom. The molecular weight excluding hydrogens is 107 g/mol. The third kappa shape index (κ3) is 0.857. The van der Waals surface area contributed by atoms with Gasteiger partial charge in [0.05, 0.1) is 0 Å². The van der Waals surface area contributed by atoms with E-state index in [1.54, 1.807) is 7.05 Å². The van der Waals surface area contributed by atoms with E-state index in [9.17, 15) is 4.39 Å². The molecule has 0 aromatic carbocycles. The molecule has 44 valence electrons. The molecule has 1 aliphatic rings. The summed E-state index contributed by atoms with van der Waals surface area (Å²) in [5.41, 5.74) is 0. The van der Waals surface area contributed by atoms with Gasteiger partial charge < -0.3 is 4.90 Å². The summed E-state index contributed by atoms with van der Waals surface area (Å²) in [6, 6.07) is 0. The van der Waals surface area contributed by atoms with Gasteiger partial charge in [-0.3, -0.25) is 4.99 Å². The average Bonchev–Trinajstić information content (AvgIpc) is 1.77. The van der Waals surface area contributed by atoms with E-state index in [2.05, 4.69) is 4.99 Å². The van der Waals surface area contributed by atoms with Gasteiger partial charge in [0.1, 0.15) is 6.67 Å². The average molecular weight is 114 g/mol. The summed E-state index contributed by atoms with van der Waals surface area (Å²) >= 11 is 0. The largest absolute Gasteiger partial charge is 0.332 e. The highest BCUT2D eigenvalue weighted by Gasteiger charge is 2.01. The van der Waals surface area contributed by atoms with Crippen molar-refractivity contribution < 1.29 is 4.39 Å². The lowest BCUT2D eigenvalue weighted by Crippen LogP contribution is -2.17. The molecular formula is C5H7FN2.